The summed E-state index contributed by atoms with van der Waals surface area (Å²) in [4.78, 5) is 40.3. The Balaban J connectivity index is 1.31. The van der Waals surface area contributed by atoms with Crippen LogP contribution in [0.5, 0.6) is 0 Å². The molecule has 0 saturated heterocycles. The second kappa shape index (κ2) is 23.3. The van der Waals surface area contributed by atoms with E-state index in [9.17, 15) is 14.4 Å². The predicted molar refractivity (Wildman–Crippen MR) is 193 cm³/mol. The van der Waals surface area contributed by atoms with Crippen molar-refractivity contribution in [3.8, 4) is 0 Å². The molecule has 7 nitrogen and oxygen atoms in total. The van der Waals surface area contributed by atoms with Crippen LogP contribution in [0.15, 0.2) is 24.3 Å². The third kappa shape index (κ3) is 16.0. The van der Waals surface area contributed by atoms with Crippen LogP contribution in [0.4, 0.5) is 0 Å². The van der Waals surface area contributed by atoms with Crippen molar-refractivity contribution in [3.63, 3.8) is 0 Å². The number of hydrogen-bond donors (Lipinski definition) is 0. The average molecular weight is 672 g/mol. The van der Waals surface area contributed by atoms with E-state index in [1.807, 2.05) is 0 Å². The number of carbonyl (C=O) groups excluding carboxylic acids is 3. The van der Waals surface area contributed by atoms with Crippen LogP contribution in [-0.2, 0) is 28.6 Å². The van der Waals surface area contributed by atoms with Crippen molar-refractivity contribution in [3.05, 3.63) is 24.3 Å². The second-order valence-corrected chi connectivity index (χ2v) is 15.3. The van der Waals surface area contributed by atoms with Crippen molar-refractivity contribution in [2.45, 2.75) is 149 Å². The quantitative estimate of drug-likeness (QED) is 0.0372. The van der Waals surface area contributed by atoms with Gasteiger partial charge in [-0.15, -0.1) is 0 Å². The van der Waals surface area contributed by atoms with Crippen LogP contribution in [-0.4, -0.2) is 62.3 Å². The van der Waals surface area contributed by atoms with Gasteiger partial charge in [-0.2, -0.15) is 0 Å². The van der Waals surface area contributed by atoms with E-state index in [0.717, 1.165) is 82.2 Å². The highest BCUT2D eigenvalue weighted by molar-refractivity contribution is 5.71. The van der Waals surface area contributed by atoms with E-state index in [2.05, 4.69) is 50.0 Å². The molecule has 0 aromatic carbocycles. The van der Waals surface area contributed by atoms with Crippen LogP contribution in [0.2, 0.25) is 0 Å². The topological polar surface area (TPSA) is 82.1 Å². The molecule has 0 radical (unpaired) electrons. The first-order chi connectivity index (χ1) is 23.3. The number of rotatable bonds is 27. The fourth-order valence-electron chi connectivity index (χ4n) is 8.65. The van der Waals surface area contributed by atoms with Crippen molar-refractivity contribution in [2.75, 3.05) is 39.5 Å². The maximum Gasteiger partial charge on any atom is 0.307 e. The van der Waals surface area contributed by atoms with E-state index < -0.39 is 0 Å². The summed E-state index contributed by atoms with van der Waals surface area (Å²) in [6, 6.07) is 0. The summed E-state index contributed by atoms with van der Waals surface area (Å²) in [5, 5.41) is 0. The molecular weight excluding hydrogens is 602 g/mol. The smallest absolute Gasteiger partial charge is 0.307 e. The summed E-state index contributed by atoms with van der Waals surface area (Å²) in [5.74, 6) is 1.31. The van der Waals surface area contributed by atoms with Crippen molar-refractivity contribution in [2.24, 2.45) is 29.1 Å². The zero-order valence-electron chi connectivity index (χ0n) is 30.9. The van der Waals surface area contributed by atoms with Crippen LogP contribution in [0.25, 0.3) is 0 Å². The van der Waals surface area contributed by atoms with Gasteiger partial charge in [-0.25, -0.2) is 0 Å². The summed E-state index contributed by atoms with van der Waals surface area (Å²) >= 11 is 0. The molecule has 0 N–H and O–H groups in total. The van der Waals surface area contributed by atoms with Gasteiger partial charge in [-0.3, -0.25) is 14.4 Å². The minimum Gasteiger partial charge on any atom is -0.465 e. The Hall–Kier alpha value is -2.15. The fourth-order valence-corrected chi connectivity index (χ4v) is 8.65. The lowest BCUT2D eigenvalue weighted by atomic mass is 9.49. The zero-order valence-corrected chi connectivity index (χ0v) is 30.9. The molecule has 4 aliphatic carbocycles. The number of allylic oxidation sites excluding steroid dienone is 4. The van der Waals surface area contributed by atoms with Crippen molar-refractivity contribution < 1.29 is 28.6 Å². The lowest BCUT2D eigenvalue weighted by Crippen LogP contribution is -2.47. The van der Waals surface area contributed by atoms with E-state index in [0.29, 0.717) is 25.8 Å². The number of esters is 3. The van der Waals surface area contributed by atoms with Crippen LogP contribution < -0.4 is 0 Å². The summed E-state index contributed by atoms with van der Waals surface area (Å²) < 4.78 is 17.0. The lowest BCUT2D eigenvalue weighted by molar-refractivity contribution is -0.157. The molecule has 0 aromatic rings. The molecule has 0 spiro atoms. The van der Waals surface area contributed by atoms with Gasteiger partial charge in [-0.05, 0) is 113 Å². The van der Waals surface area contributed by atoms with Crippen molar-refractivity contribution in [1.82, 2.24) is 4.90 Å². The molecule has 7 heteroatoms. The molecule has 4 aliphatic rings. The van der Waals surface area contributed by atoms with Crippen molar-refractivity contribution in [1.29, 1.82) is 0 Å². The standard InChI is InChI=1S/C41H69NO6/c1-4-7-8-9-10-11-12-13-14-15-16-17-18-19-20-21-38(43)46-31-37(32-47-39(44)22-23-42(5-2)6-3)33-48-40(45)30-41-27-34-24-35(28-41)26-36(25-34)29-41/h10-11,13-14,34-37H,4-9,12,15-33H2,1-3H3/b11-10-,14-13-. The molecular formula is C41H69NO6. The monoisotopic (exact) mass is 672 g/mol. The molecule has 4 saturated carbocycles. The summed E-state index contributed by atoms with van der Waals surface area (Å²) in [5.41, 5.74) is 0.117. The van der Waals surface area contributed by atoms with E-state index >= 15 is 0 Å². The normalized spacial score (nSPS) is 23.7. The van der Waals surface area contributed by atoms with E-state index in [-0.39, 0.29) is 49.1 Å². The Kier molecular flexibility index (Phi) is 19.5. The highest BCUT2D eigenvalue weighted by Gasteiger charge is 2.51. The summed E-state index contributed by atoms with van der Waals surface area (Å²) in [7, 11) is 0. The number of nitrogens with zero attached hydrogens (tertiary/aromatic N) is 1. The first-order valence-corrected chi connectivity index (χ1v) is 19.8. The lowest BCUT2D eigenvalue weighted by Gasteiger charge is -2.56. The summed E-state index contributed by atoms with van der Waals surface area (Å²) in [6.45, 7) is 9.09. The van der Waals surface area contributed by atoms with Crippen LogP contribution in [0.1, 0.15) is 149 Å². The minimum atomic E-state index is -0.365. The number of hydrogen-bond acceptors (Lipinski definition) is 7. The Bertz CT molecular complexity index is 950. The maximum atomic E-state index is 13.1. The first-order valence-electron chi connectivity index (χ1n) is 19.8. The Morgan fingerprint density at radius 1 is 0.646 bits per heavy atom. The molecule has 0 heterocycles. The minimum absolute atomic E-state index is 0.0820. The molecule has 1 unspecified atom stereocenters. The van der Waals surface area contributed by atoms with Crippen LogP contribution in [0.3, 0.4) is 0 Å². The number of carbonyl (C=O) groups is 3. The second-order valence-electron chi connectivity index (χ2n) is 15.3. The molecule has 4 rings (SSSR count). The number of unbranched alkanes of at least 4 members (excludes halogenated alkanes) is 8. The third-order valence-electron chi connectivity index (χ3n) is 11.0. The first kappa shape index (κ1) is 40.3. The highest BCUT2D eigenvalue weighted by Crippen LogP contribution is 2.61. The maximum absolute atomic E-state index is 13.1. The molecule has 4 fully saturated rings. The molecule has 1 atom stereocenters. The highest BCUT2D eigenvalue weighted by atomic mass is 16.6. The van der Waals surface area contributed by atoms with E-state index in [1.165, 1.54) is 57.8 Å². The van der Waals surface area contributed by atoms with Gasteiger partial charge in [0, 0.05) is 13.0 Å². The van der Waals surface area contributed by atoms with Gasteiger partial charge >= 0.3 is 17.9 Å². The van der Waals surface area contributed by atoms with E-state index in [4.69, 9.17) is 14.2 Å². The predicted octanol–water partition coefficient (Wildman–Crippen LogP) is 9.38. The molecule has 274 valence electrons. The van der Waals surface area contributed by atoms with Gasteiger partial charge in [0.05, 0.1) is 18.8 Å². The summed E-state index contributed by atoms with van der Waals surface area (Å²) in [6.07, 6.45) is 30.3. The van der Waals surface area contributed by atoms with E-state index in [1.54, 1.807) is 0 Å². The van der Waals surface area contributed by atoms with Gasteiger partial charge in [0.15, 0.2) is 0 Å². The van der Waals surface area contributed by atoms with Gasteiger partial charge in [0.2, 0.25) is 0 Å². The van der Waals surface area contributed by atoms with Gasteiger partial charge < -0.3 is 19.1 Å². The Labute approximate surface area is 293 Å². The third-order valence-corrected chi connectivity index (χ3v) is 11.0. The van der Waals surface area contributed by atoms with Crippen molar-refractivity contribution >= 4 is 17.9 Å². The van der Waals surface area contributed by atoms with Crippen LogP contribution in [0, 0.1) is 29.1 Å². The van der Waals surface area contributed by atoms with Gasteiger partial charge in [-0.1, -0.05) is 77.2 Å². The average Bonchev–Trinajstić information content (AvgIpc) is 3.05. The fraction of sp³-hybridized carbons (Fsp3) is 0.829. The SMILES string of the molecule is CCCCC/C=C\C/C=C\CCCCCCCC(=O)OCC(COC(=O)CCN(CC)CC)COC(=O)CC12CC3CC(CC(C3)C1)C2. The molecule has 0 aliphatic heterocycles. The molecule has 0 aromatic heterocycles. The van der Waals surface area contributed by atoms with Crippen LogP contribution >= 0.6 is 0 Å². The Morgan fingerprint density at radius 3 is 1.71 bits per heavy atom. The largest absolute Gasteiger partial charge is 0.465 e. The van der Waals surface area contributed by atoms with Gasteiger partial charge in [0.25, 0.3) is 0 Å². The molecule has 0 amide bonds. The van der Waals surface area contributed by atoms with Gasteiger partial charge in [0.1, 0.15) is 19.8 Å². The molecule has 4 bridgehead atoms. The number of ether oxygens (including phenoxy) is 3. The molecule has 48 heavy (non-hydrogen) atoms. The zero-order chi connectivity index (χ0) is 34.5. The Morgan fingerprint density at radius 2 is 1.15 bits per heavy atom.